The third-order valence-electron chi connectivity index (χ3n) is 1.85. The molecule has 1 rings (SSSR count). The van der Waals surface area contributed by atoms with Crippen molar-refractivity contribution in [3.63, 3.8) is 0 Å². The maximum Gasteiger partial charge on any atom is 0.222 e. The minimum Gasteiger partial charge on any atom is -0.212 e. The molecule has 0 aliphatic carbocycles. The summed E-state index contributed by atoms with van der Waals surface area (Å²) in [5.74, 6) is -0.377. The van der Waals surface area contributed by atoms with Gasteiger partial charge in [0, 0.05) is 6.04 Å². The van der Waals surface area contributed by atoms with Crippen LogP contribution >= 0.6 is 15.9 Å². The zero-order valence-corrected chi connectivity index (χ0v) is 10.5. The van der Waals surface area contributed by atoms with Gasteiger partial charge in [-0.05, 0) is 24.6 Å². The summed E-state index contributed by atoms with van der Waals surface area (Å²) < 4.78 is 37.5. The van der Waals surface area contributed by atoms with Gasteiger partial charge in [0.2, 0.25) is 10.0 Å². The zero-order chi connectivity index (χ0) is 11.5. The van der Waals surface area contributed by atoms with E-state index in [1.807, 2.05) is 0 Å². The molecule has 0 spiro atoms. The molecular formula is C9H11BrFNO2S. The van der Waals surface area contributed by atoms with Crippen LogP contribution in [0.5, 0.6) is 0 Å². The average Bonchev–Trinajstić information content (AvgIpc) is 2.17. The molecule has 0 heterocycles. The van der Waals surface area contributed by atoms with Crippen molar-refractivity contribution in [3.05, 3.63) is 35.6 Å². The van der Waals surface area contributed by atoms with Crippen molar-refractivity contribution in [1.29, 1.82) is 0 Å². The van der Waals surface area contributed by atoms with Crippen molar-refractivity contribution in [3.8, 4) is 0 Å². The molecule has 3 nitrogen and oxygen atoms in total. The SMILES string of the molecule is C[C@H](NS(=O)(=O)CBr)c1cccc(F)c1. The highest BCUT2D eigenvalue weighted by atomic mass is 79.9. The molecule has 0 radical (unpaired) electrons. The fourth-order valence-corrected chi connectivity index (χ4v) is 2.28. The lowest BCUT2D eigenvalue weighted by Crippen LogP contribution is -2.27. The van der Waals surface area contributed by atoms with Crippen molar-refractivity contribution >= 4 is 26.0 Å². The standard InChI is InChI=1S/C9H11BrFNO2S/c1-7(12-15(13,14)6-10)8-3-2-4-9(11)5-8/h2-5,7,12H,6H2,1H3/t7-/m0/s1. The predicted molar refractivity (Wildman–Crippen MR) is 60.7 cm³/mol. The quantitative estimate of drug-likeness (QED) is 0.865. The fourth-order valence-electron chi connectivity index (χ4n) is 1.14. The first-order valence-electron chi connectivity index (χ1n) is 4.26. The lowest BCUT2D eigenvalue weighted by molar-refractivity contribution is 0.569. The number of benzene rings is 1. The first kappa shape index (κ1) is 12.6. The molecule has 0 fully saturated rings. The molecule has 0 bridgehead atoms. The van der Waals surface area contributed by atoms with Gasteiger partial charge in [-0.3, -0.25) is 0 Å². The van der Waals surface area contributed by atoms with Crippen molar-refractivity contribution in [2.24, 2.45) is 0 Å². The Hall–Kier alpha value is -0.460. The third-order valence-corrected chi connectivity index (χ3v) is 4.66. The molecule has 0 aliphatic rings. The number of rotatable bonds is 4. The van der Waals surface area contributed by atoms with E-state index in [0.29, 0.717) is 5.56 Å². The summed E-state index contributed by atoms with van der Waals surface area (Å²) in [5, 5.41) is 0. The molecule has 1 N–H and O–H groups in total. The Morgan fingerprint density at radius 1 is 1.53 bits per heavy atom. The van der Waals surface area contributed by atoms with Crippen LogP contribution in [0, 0.1) is 5.82 Å². The maximum atomic E-state index is 12.9. The summed E-state index contributed by atoms with van der Waals surface area (Å²) in [4.78, 5) is 0. The minimum absolute atomic E-state index is 0.167. The fraction of sp³-hybridized carbons (Fsp3) is 0.333. The molecule has 1 atom stereocenters. The number of hydrogen-bond donors (Lipinski definition) is 1. The van der Waals surface area contributed by atoms with E-state index in [1.54, 1.807) is 19.1 Å². The van der Waals surface area contributed by atoms with Gasteiger partial charge in [0.1, 0.15) is 10.5 Å². The monoisotopic (exact) mass is 295 g/mol. The topological polar surface area (TPSA) is 46.2 Å². The summed E-state index contributed by atoms with van der Waals surface area (Å²) in [5.41, 5.74) is 0.597. The largest absolute Gasteiger partial charge is 0.222 e. The average molecular weight is 296 g/mol. The van der Waals surface area contributed by atoms with Gasteiger partial charge in [0.15, 0.2) is 0 Å². The normalized spacial score (nSPS) is 13.8. The summed E-state index contributed by atoms with van der Waals surface area (Å²) in [6.07, 6.45) is 0. The molecule has 0 saturated heterocycles. The predicted octanol–water partition coefficient (Wildman–Crippen LogP) is 2.16. The molecule has 1 aromatic carbocycles. The summed E-state index contributed by atoms with van der Waals surface area (Å²) in [7, 11) is -3.34. The molecule has 0 aromatic heterocycles. The number of nitrogens with one attached hydrogen (secondary N) is 1. The van der Waals surface area contributed by atoms with E-state index in [9.17, 15) is 12.8 Å². The van der Waals surface area contributed by atoms with Gasteiger partial charge in [-0.15, -0.1) is 0 Å². The van der Waals surface area contributed by atoms with Gasteiger partial charge in [0.25, 0.3) is 0 Å². The van der Waals surface area contributed by atoms with Crippen molar-refractivity contribution < 1.29 is 12.8 Å². The Morgan fingerprint density at radius 3 is 2.73 bits per heavy atom. The van der Waals surface area contributed by atoms with E-state index in [1.165, 1.54) is 12.1 Å². The van der Waals surface area contributed by atoms with Crippen molar-refractivity contribution in [1.82, 2.24) is 4.72 Å². The van der Waals surface area contributed by atoms with Crippen LogP contribution in [0.1, 0.15) is 18.5 Å². The highest BCUT2D eigenvalue weighted by molar-refractivity contribution is 9.10. The van der Waals surface area contributed by atoms with Crippen molar-refractivity contribution in [2.45, 2.75) is 13.0 Å². The van der Waals surface area contributed by atoms with Gasteiger partial charge in [-0.25, -0.2) is 17.5 Å². The summed E-state index contributed by atoms with van der Waals surface area (Å²) >= 11 is 2.86. The molecule has 0 aliphatic heterocycles. The van der Waals surface area contributed by atoms with Gasteiger partial charge in [0.05, 0.1) is 0 Å². The number of halogens is 2. The Balaban J connectivity index is 2.82. The van der Waals surface area contributed by atoms with Gasteiger partial charge in [-0.2, -0.15) is 0 Å². The van der Waals surface area contributed by atoms with Crippen LogP contribution in [0.25, 0.3) is 0 Å². The highest BCUT2D eigenvalue weighted by Gasteiger charge is 2.14. The Bertz CT molecular complexity index is 435. The molecule has 0 saturated carbocycles. The van der Waals surface area contributed by atoms with Crippen LogP contribution in [-0.4, -0.2) is 13.1 Å². The zero-order valence-electron chi connectivity index (χ0n) is 8.07. The van der Waals surface area contributed by atoms with E-state index in [-0.39, 0.29) is 10.5 Å². The highest BCUT2D eigenvalue weighted by Crippen LogP contribution is 2.14. The second-order valence-electron chi connectivity index (χ2n) is 3.12. The second kappa shape index (κ2) is 5.05. The smallest absolute Gasteiger partial charge is 0.212 e. The van der Waals surface area contributed by atoms with E-state index in [2.05, 4.69) is 20.7 Å². The van der Waals surface area contributed by atoms with Crippen LogP contribution in [0.4, 0.5) is 4.39 Å². The number of hydrogen-bond acceptors (Lipinski definition) is 2. The van der Waals surface area contributed by atoms with Crippen LogP contribution < -0.4 is 4.72 Å². The van der Waals surface area contributed by atoms with E-state index < -0.39 is 16.1 Å². The first-order chi connectivity index (χ1) is 6.94. The van der Waals surface area contributed by atoms with Crippen LogP contribution in [0.15, 0.2) is 24.3 Å². The molecule has 15 heavy (non-hydrogen) atoms. The van der Waals surface area contributed by atoms with E-state index in [0.717, 1.165) is 0 Å². The van der Waals surface area contributed by atoms with Crippen LogP contribution in [0.3, 0.4) is 0 Å². The van der Waals surface area contributed by atoms with Crippen LogP contribution in [-0.2, 0) is 10.0 Å². The Kier molecular flexibility index (Phi) is 4.24. The van der Waals surface area contributed by atoms with Gasteiger partial charge >= 0.3 is 0 Å². The summed E-state index contributed by atoms with van der Waals surface area (Å²) in [6.45, 7) is 1.66. The summed E-state index contributed by atoms with van der Waals surface area (Å²) in [6, 6.07) is 5.40. The maximum absolute atomic E-state index is 12.9. The second-order valence-corrected chi connectivity index (χ2v) is 6.18. The van der Waals surface area contributed by atoms with Crippen LogP contribution in [0.2, 0.25) is 0 Å². The lowest BCUT2D eigenvalue weighted by Gasteiger charge is -2.13. The first-order valence-corrected chi connectivity index (χ1v) is 7.03. The minimum atomic E-state index is -3.34. The lowest BCUT2D eigenvalue weighted by atomic mass is 10.1. The number of sulfonamides is 1. The molecule has 0 amide bonds. The third kappa shape index (κ3) is 3.89. The Morgan fingerprint density at radius 2 is 2.20 bits per heavy atom. The van der Waals surface area contributed by atoms with Gasteiger partial charge in [-0.1, -0.05) is 28.1 Å². The van der Waals surface area contributed by atoms with Gasteiger partial charge < -0.3 is 0 Å². The van der Waals surface area contributed by atoms with E-state index >= 15 is 0 Å². The molecule has 84 valence electrons. The Labute approximate surface area is 96.9 Å². The van der Waals surface area contributed by atoms with E-state index in [4.69, 9.17) is 0 Å². The number of alkyl halides is 1. The molecule has 6 heteroatoms. The molecule has 0 unspecified atom stereocenters. The molecule has 1 aromatic rings. The van der Waals surface area contributed by atoms with Crippen molar-refractivity contribution in [2.75, 3.05) is 4.66 Å². The molecular weight excluding hydrogens is 285 g/mol.